The first kappa shape index (κ1) is 20.1. The number of alkyl halides is 1. The highest BCUT2D eigenvalue weighted by molar-refractivity contribution is 9.09. The second kappa shape index (κ2) is 11.7. The zero-order chi connectivity index (χ0) is 16.3. The van der Waals surface area contributed by atoms with Gasteiger partial charge in [0.25, 0.3) is 5.22 Å². The molecule has 1 aromatic heterocycles. The number of hydrogen-bond acceptors (Lipinski definition) is 3. The fraction of sp³-hybridized carbons (Fsp3) is 0.364. The maximum Gasteiger partial charge on any atom is 0.301 e. The first-order chi connectivity index (χ1) is 9.88. The Balaban J connectivity index is 0.000000433. The highest BCUT2D eigenvalue weighted by Gasteiger charge is 2.06. The van der Waals surface area contributed by atoms with E-state index in [1.165, 1.54) is 12.5 Å². The van der Waals surface area contributed by atoms with E-state index in [9.17, 15) is 26.3 Å². The summed E-state index contributed by atoms with van der Waals surface area (Å²) in [5, 5.41) is 0.586. The van der Waals surface area contributed by atoms with E-state index in [0.29, 0.717) is 5.22 Å². The zero-order valence-corrected chi connectivity index (χ0v) is 12.8. The van der Waals surface area contributed by atoms with E-state index in [2.05, 4.69) is 20.9 Å². The molecule has 10 heteroatoms. The Morgan fingerprint density at radius 3 is 2.00 bits per heavy atom. The average molecular weight is 398 g/mol. The molecule has 1 rings (SSSR count). The van der Waals surface area contributed by atoms with Crippen molar-refractivity contribution in [1.82, 2.24) is 4.98 Å². The largest absolute Gasteiger partial charge is 0.440 e. The van der Waals surface area contributed by atoms with E-state index >= 15 is 0 Å². The van der Waals surface area contributed by atoms with E-state index < -0.39 is 23.8 Å². The number of nitrogens with zero attached hydrogens (tertiary/aromatic N) is 1. The maximum absolute atomic E-state index is 12.2. The third-order valence-electron chi connectivity index (χ3n) is 1.68. The number of thioether (sulfide) groups is 1. The van der Waals surface area contributed by atoms with Crippen LogP contribution in [0.2, 0.25) is 0 Å². The third-order valence-corrected chi connectivity index (χ3v) is 2.93. The van der Waals surface area contributed by atoms with E-state index in [0.717, 1.165) is 11.8 Å². The molecule has 0 saturated heterocycles. The summed E-state index contributed by atoms with van der Waals surface area (Å²) < 4.78 is 73.9. The molecule has 1 aromatic rings. The van der Waals surface area contributed by atoms with Crippen molar-refractivity contribution in [3.63, 3.8) is 0 Å². The maximum atomic E-state index is 12.2. The first-order valence-corrected chi connectivity index (χ1v) is 7.46. The Hall–Kier alpha value is -0.900. The minimum absolute atomic E-state index is 0.184. The molecule has 0 spiro atoms. The van der Waals surface area contributed by atoms with Crippen molar-refractivity contribution in [2.75, 3.05) is 11.1 Å². The van der Waals surface area contributed by atoms with Gasteiger partial charge in [-0.1, -0.05) is 27.7 Å². The summed E-state index contributed by atoms with van der Waals surface area (Å²) in [5.41, 5.74) is 0. The molecule has 0 aromatic carbocycles. The van der Waals surface area contributed by atoms with Crippen LogP contribution in [0.4, 0.5) is 26.3 Å². The quantitative estimate of drug-likeness (QED) is 0.330. The fourth-order valence-electron chi connectivity index (χ4n) is 0.782. The summed E-state index contributed by atoms with van der Waals surface area (Å²) in [6.45, 7) is 0. The van der Waals surface area contributed by atoms with Crippen LogP contribution in [-0.2, 0) is 0 Å². The highest BCUT2D eigenvalue weighted by Crippen LogP contribution is 2.20. The van der Waals surface area contributed by atoms with Crippen molar-refractivity contribution in [2.24, 2.45) is 0 Å². The van der Waals surface area contributed by atoms with Crippen molar-refractivity contribution in [2.45, 2.75) is 18.1 Å². The smallest absolute Gasteiger partial charge is 0.301 e. The van der Waals surface area contributed by atoms with E-state index in [4.69, 9.17) is 4.42 Å². The summed E-state index contributed by atoms with van der Waals surface area (Å²) >= 11 is 3.90. The van der Waals surface area contributed by atoms with Gasteiger partial charge in [-0.3, -0.25) is 0 Å². The lowest BCUT2D eigenvalue weighted by molar-refractivity contribution is 0.373. The van der Waals surface area contributed by atoms with Crippen LogP contribution >= 0.6 is 27.7 Å². The van der Waals surface area contributed by atoms with Crippen LogP contribution in [0.5, 0.6) is 0 Å². The molecule has 0 fully saturated rings. The number of allylic oxidation sites excluding steroid dienone is 2. The fourth-order valence-corrected chi connectivity index (χ4v) is 1.84. The predicted octanol–water partition coefficient (Wildman–Crippen LogP) is 6.08. The Morgan fingerprint density at radius 1 is 1.05 bits per heavy atom. The predicted molar refractivity (Wildman–Crippen MR) is 71.0 cm³/mol. The molecular formula is C11H10BrF6NOS. The van der Waals surface area contributed by atoms with Gasteiger partial charge < -0.3 is 4.42 Å². The molecule has 0 amide bonds. The Morgan fingerprint density at radius 2 is 1.62 bits per heavy atom. The molecule has 0 bridgehead atoms. The van der Waals surface area contributed by atoms with Crippen molar-refractivity contribution >= 4 is 27.7 Å². The molecule has 21 heavy (non-hydrogen) atoms. The molecule has 0 aliphatic carbocycles. The second-order valence-electron chi connectivity index (χ2n) is 3.17. The Bertz CT molecular complexity index is 457. The van der Waals surface area contributed by atoms with Crippen LogP contribution in [-0.4, -0.2) is 16.1 Å². The Labute approximate surface area is 129 Å². The van der Waals surface area contributed by atoms with Gasteiger partial charge in [-0.15, -0.1) is 0 Å². The van der Waals surface area contributed by atoms with E-state index in [-0.39, 0.29) is 23.9 Å². The van der Waals surface area contributed by atoms with Crippen LogP contribution in [0.1, 0.15) is 12.8 Å². The van der Waals surface area contributed by atoms with Gasteiger partial charge >= 0.3 is 12.2 Å². The van der Waals surface area contributed by atoms with Gasteiger partial charge in [0.2, 0.25) is 0 Å². The van der Waals surface area contributed by atoms with Gasteiger partial charge in [-0.05, 0) is 0 Å². The van der Waals surface area contributed by atoms with Crippen LogP contribution in [0.25, 0.3) is 0 Å². The lowest BCUT2D eigenvalue weighted by atomic mass is 10.4. The summed E-state index contributed by atoms with van der Waals surface area (Å²) in [5.74, 6) is -2.52. The number of oxazole rings is 1. The molecule has 0 aliphatic heterocycles. The summed E-state index contributed by atoms with van der Waals surface area (Å²) in [6, 6.07) is 0. The third kappa shape index (κ3) is 10.5. The molecule has 1 heterocycles. The van der Waals surface area contributed by atoms with Crippen molar-refractivity contribution < 1.29 is 30.8 Å². The monoisotopic (exact) mass is 397 g/mol. The van der Waals surface area contributed by atoms with Gasteiger partial charge in [-0.25, -0.2) is 13.8 Å². The molecule has 0 radical (unpaired) electrons. The number of halogens is 7. The molecular weight excluding hydrogens is 388 g/mol. The van der Waals surface area contributed by atoms with Gasteiger partial charge in [0.15, 0.2) is 11.7 Å². The molecule has 120 valence electrons. The van der Waals surface area contributed by atoms with Gasteiger partial charge in [-0.2, -0.15) is 17.6 Å². The molecule has 0 saturated carbocycles. The highest BCUT2D eigenvalue weighted by atomic mass is 79.9. The lowest BCUT2D eigenvalue weighted by Gasteiger charge is -1.93. The average Bonchev–Trinajstić information content (AvgIpc) is 2.92. The molecule has 2 nitrogen and oxygen atoms in total. The molecule has 0 N–H and O–H groups in total. The lowest BCUT2D eigenvalue weighted by Crippen LogP contribution is -1.82. The molecule has 0 atom stereocenters. The topological polar surface area (TPSA) is 26.0 Å². The molecule has 0 aliphatic rings. The first-order valence-electron chi connectivity index (χ1n) is 5.36. The van der Waals surface area contributed by atoms with Gasteiger partial charge in [0.05, 0.1) is 6.20 Å². The van der Waals surface area contributed by atoms with Gasteiger partial charge in [0, 0.05) is 23.9 Å². The van der Waals surface area contributed by atoms with Crippen molar-refractivity contribution in [3.05, 3.63) is 36.3 Å². The van der Waals surface area contributed by atoms with E-state index in [1.54, 1.807) is 0 Å². The van der Waals surface area contributed by atoms with Crippen LogP contribution in [0.3, 0.4) is 0 Å². The van der Waals surface area contributed by atoms with Crippen LogP contribution < -0.4 is 0 Å². The van der Waals surface area contributed by atoms with Crippen molar-refractivity contribution in [3.8, 4) is 0 Å². The zero-order valence-electron chi connectivity index (χ0n) is 10.4. The number of hydrogen-bond donors (Lipinski definition) is 0. The minimum atomic E-state index is -2.26. The van der Waals surface area contributed by atoms with Crippen LogP contribution in [0.15, 0.2) is 45.9 Å². The van der Waals surface area contributed by atoms with Gasteiger partial charge in [0.1, 0.15) is 6.26 Å². The number of rotatable bonds is 6. The Kier molecular flexibility index (Phi) is 11.2. The SMILES string of the molecule is FC(F)=C(F)CCBr.FC(F)=C(F)CCSc1ncco1. The summed E-state index contributed by atoms with van der Waals surface area (Å²) in [7, 11) is 0. The second-order valence-corrected chi connectivity index (χ2v) is 5.01. The molecule has 0 unspecified atom stereocenters. The van der Waals surface area contributed by atoms with Crippen LogP contribution in [0, 0.1) is 0 Å². The summed E-state index contributed by atoms with van der Waals surface area (Å²) in [6.07, 6.45) is -2.22. The van der Waals surface area contributed by atoms with E-state index in [1.807, 2.05) is 0 Å². The number of aromatic nitrogens is 1. The summed E-state index contributed by atoms with van der Waals surface area (Å²) in [4.78, 5) is 3.73. The minimum Gasteiger partial charge on any atom is -0.440 e. The van der Waals surface area contributed by atoms with Crippen molar-refractivity contribution in [1.29, 1.82) is 0 Å². The standard InChI is InChI=1S/C7H6F3NOS.C4H4BrF3/c8-5(6(9)10)1-4-13-7-11-2-3-12-7;5-2-1-3(6)4(7)8/h2-3H,1,4H2;1-2H2. The normalized spacial score (nSPS) is 9.67.